The van der Waals surface area contributed by atoms with Crippen molar-refractivity contribution in [3.8, 4) is 5.95 Å². The molecule has 35 heavy (non-hydrogen) atoms. The molecular weight excluding hydrogens is 444 g/mol. The van der Waals surface area contributed by atoms with Crippen LogP contribution in [0.5, 0.6) is 0 Å². The zero-order chi connectivity index (χ0) is 24.4. The van der Waals surface area contributed by atoms with Crippen LogP contribution in [0, 0.1) is 13.8 Å². The Balaban J connectivity index is 1.44. The molecule has 1 aliphatic heterocycles. The number of β-amino-alcohol motifs (C(OH)–C–C–N with tert-alkyl or cyclic N) is 1. The van der Waals surface area contributed by atoms with Crippen molar-refractivity contribution in [3.05, 3.63) is 77.9 Å². The Morgan fingerprint density at radius 2 is 1.94 bits per heavy atom. The highest BCUT2D eigenvalue weighted by atomic mass is 16.3. The molecule has 10 heteroatoms. The second kappa shape index (κ2) is 9.51. The van der Waals surface area contributed by atoms with Crippen LogP contribution in [0.2, 0.25) is 0 Å². The molecule has 0 unspecified atom stereocenters. The van der Waals surface area contributed by atoms with Crippen molar-refractivity contribution in [2.45, 2.75) is 26.4 Å². The SMILES string of the molecule is Cc1cccc(NC(=O)c2ccc(C)c(Nc3nc(N4CC[C@@H](O)C4)nc(-n4ccnc4)n3)c2)c1. The number of anilines is 4. The molecule has 1 aliphatic rings. The number of aryl methyl sites for hydroxylation is 2. The molecule has 178 valence electrons. The van der Waals surface area contributed by atoms with E-state index in [1.165, 1.54) is 0 Å². The van der Waals surface area contributed by atoms with Crippen molar-refractivity contribution < 1.29 is 9.90 Å². The molecule has 10 nitrogen and oxygen atoms in total. The van der Waals surface area contributed by atoms with Crippen molar-refractivity contribution in [2.24, 2.45) is 0 Å². The molecule has 2 aromatic heterocycles. The van der Waals surface area contributed by atoms with Gasteiger partial charge in [0, 0.05) is 42.4 Å². The van der Waals surface area contributed by atoms with E-state index in [-0.39, 0.29) is 5.91 Å². The van der Waals surface area contributed by atoms with E-state index in [4.69, 9.17) is 0 Å². The number of aliphatic hydroxyl groups excluding tert-OH is 1. The molecule has 4 aromatic rings. The van der Waals surface area contributed by atoms with Crippen LogP contribution >= 0.6 is 0 Å². The van der Waals surface area contributed by atoms with E-state index in [1.54, 1.807) is 35.4 Å². The number of hydrogen-bond donors (Lipinski definition) is 3. The standard InChI is InChI=1S/C25H26N8O2/c1-16-4-3-5-19(12-16)27-22(35)18-7-6-17(2)21(13-18)28-23-29-24(32-10-8-20(34)14-32)31-25(30-23)33-11-9-26-15-33/h3-7,9,11-13,15,20,34H,8,10,14H2,1-2H3,(H,27,35)(H,28,29,30,31)/t20-/m1/s1. The predicted octanol–water partition coefficient (Wildman–Crippen LogP) is 3.24. The number of nitrogens with zero attached hydrogens (tertiary/aromatic N) is 6. The molecule has 1 saturated heterocycles. The largest absolute Gasteiger partial charge is 0.391 e. The van der Waals surface area contributed by atoms with Gasteiger partial charge in [-0.15, -0.1) is 0 Å². The van der Waals surface area contributed by atoms with Crippen molar-refractivity contribution >= 4 is 29.2 Å². The molecule has 1 fully saturated rings. The predicted molar refractivity (Wildman–Crippen MR) is 133 cm³/mol. The maximum absolute atomic E-state index is 12.9. The summed E-state index contributed by atoms with van der Waals surface area (Å²) in [6, 6.07) is 13.1. The third-order valence-electron chi connectivity index (χ3n) is 5.82. The monoisotopic (exact) mass is 470 g/mol. The van der Waals surface area contributed by atoms with E-state index in [0.717, 1.165) is 16.8 Å². The van der Waals surface area contributed by atoms with Crippen LogP contribution in [0.3, 0.4) is 0 Å². The molecule has 1 atom stereocenters. The van der Waals surface area contributed by atoms with Gasteiger partial charge >= 0.3 is 0 Å². The number of carbonyl (C=O) groups excluding carboxylic acids is 1. The minimum absolute atomic E-state index is 0.208. The molecule has 0 bridgehead atoms. The fraction of sp³-hybridized carbons (Fsp3) is 0.240. The van der Waals surface area contributed by atoms with Gasteiger partial charge in [-0.05, 0) is 55.7 Å². The summed E-state index contributed by atoms with van der Waals surface area (Å²) in [4.78, 5) is 32.6. The van der Waals surface area contributed by atoms with Gasteiger partial charge in [0.2, 0.25) is 17.8 Å². The van der Waals surface area contributed by atoms with Gasteiger partial charge in [0.1, 0.15) is 6.33 Å². The number of rotatable bonds is 6. The Hall–Kier alpha value is -4.31. The normalized spacial score (nSPS) is 15.3. The summed E-state index contributed by atoms with van der Waals surface area (Å²) in [6.07, 6.45) is 5.26. The van der Waals surface area contributed by atoms with Gasteiger partial charge in [-0.1, -0.05) is 18.2 Å². The molecule has 3 heterocycles. The Bertz CT molecular complexity index is 1360. The molecule has 0 aliphatic carbocycles. The highest BCUT2D eigenvalue weighted by Crippen LogP contribution is 2.24. The minimum Gasteiger partial charge on any atom is -0.391 e. The van der Waals surface area contributed by atoms with Crippen LogP contribution in [0.25, 0.3) is 5.95 Å². The van der Waals surface area contributed by atoms with Gasteiger partial charge < -0.3 is 20.6 Å². The Kier molecular flexibility index (Phi) is 6.11. The summed E-state index contributed by atoms with van der Waals surface area (Å²) in [5.74, 6) is 0.996. The van der Waals surface area contributed by atoms with E-state index in [0.29, 0.717) is 48.6 Å². The minimum atomic E-state index is -0.411. The fourth-order valence-electron chi connectivity index (χ4n) is 3.91. The number of nitrogens with one attached hydrogen (secondary N) is 2. The highest BCUT2D eigenvalue weighted by molar-refractivity contribution is 6.05. The molecule has 3 N–H and O–H groups in total. The first kappa shape index (κ1) is 22.5. The van der Waals surface area contributed by atoms with Crippen LogP contribution in [0.1, 0.15) is 27.9 Å². The number of amides is 1. The summed E-state index contributed by atoms with van der Waals surface area (Å²) in [5.41, 5.74) is 3.95. The van der Waals surface area contributed by atoms with Crippen molar-refractivity contribution in [1.29, 1.82) is 0 Å². The molecule has 0 saturated carbocycles. The number of imidazole rings is 1. The second-order valence-electron chi connectivity index (χ2n) is 8.60. The lowest BCUT2D eigenvalue weighted by atomic mass is 10.1. The van der Waals surface area contributed by atoms with Gasteiger partial charge in [-0.25, -0.2) is 4.98 Å². The first-order valence-corrected chi connectivity index (χ1v) is 11.4. The molecule has 1 amide bonds. The topological polar surface area (TPSA) is 121 Å². The van der Waals surface area contributed by atoms with Gasteiger partial charge in [0.15, 0.2) is 0 Å². The van der Waals surface area contributed by atoms with E-state index in [1.807, 2.05) is 49.1 Å². The van der Waals surface area contributed by atoms with Crippen LogP contribution in [-0.4, -0.2) is 54.7 Å². The summed E-state index contributed by atoms with van der Waals surface area (Å²) >= 11 is 0. The lowest BCUT2D eigenvalue weighted by Crippen LogP contribution is -2.24. The van der Waals surface area contributed by atoms with E-state index in [2.05, 4.69) is 30.6 Å². The Morgan fingerprint density at radius 1 is 1.09 bits per heavy atom. The Morgan fingerprint density at radius 3 is 2.69 bits per heavy atom. The number of carbonyl (C=O) groups is 1. The quantitative estimate of drug-likeness (QED) is 0.393. The van der Waals surface area contributed by atoms with Gasteiger partial charge in [0.25, 0.3) is 5.91 Å². The third kappa shape index (κ3) is 5.12. The van der Waals surface area contributed by atoms with Gasteiger partial charge in [0.05, 0.1) is 6.10 Å². The van der Waals surface area contributed by atoms with E-state index >= 15 is 0 Å². The fourth-order valence-corrected chi connectivity index (χ4v) is 3.91. The van der Waals surface area contributed by atoms with E-state index in [9.17, 15) is 9.90 Å². The van der Waals surface area contributed by atoms with Gasteiger partial charge in [-0.2, -0.15) is 15.0 Å². The van der Waals surface area contributed by atoms with E-state index < -0.39 is 6.10 Å². The molecule has 5 rings (SSSR count). The molecule has 0 radical (unpaired) electrons. The lowest BCUT2D eigenvalue weighted by molar-refractivity contribution is 0.102. The van der Waals surface area contributed by atoms with Crippen LogP contribution in [-0.2, 0) is 0 Å². The first-order chi connectivity index (χ1) is 16.9. The average Bonchev–Trinajstić information content (AvgIpc) is 3.52. The number of aliphatic hydroxyl groups is 1. The van der Waals surface area contributed by atoms with Crippen molar-refractivity contribution in [1.82, 2.24) is 24.5 Å². The Labute approximate surface area is 202 Å². The zero-order valence-corrected chi connectivity index (χ0v) is 19.5. The molecule has 0 spiro atoms. The summed E-state index contributed by atoms with van der Waals surface area (Å²) in [7, 11) is 0. The van der Waals surface area contributed by atoms with Gasteiger partial charge in [-0.3, -0.25) is 9.36 Å². The number of hydrogen-bond acceptors (Lipinski definition) is 8. The number of aromatic nitrogens is 5. The summed E-state index contributed by atoms with van der Waals surface area (Å²) < 4.78 is 1.70. The van der Waals surface area contributed by atoms with Crippen LogP contribution < -0.4 is 15.5 Å². The second-order valence-corrected chi connectivity index (χ2v) is 8.60. The third-order valence-corrected chi connectivity index (χ3v) is 5.82. The average molecular weight is 471 g/mol. The zero-order valence-electron chi connectivity index (χ0n) is 19.5. The molecular formula is C25H26N8O2. The van der Waals surface area contributed by atoms with Crippen molar-refractivity contribution in [2.75, 3.05) is 28.6 Å². The maximum atomic E-state index is 12.9. The first-order valence-electron chi connectivity index (χ1n) is 11.4. The summed E-state index contributed by atoms with van der Waals surface area (Å²) in [6.45, 7) is 5.04. The van der Waals surface area contributed by atoms with Crippen LogP contribution in [0.15, 0.2) is 61.2 Å². The lowest BCUT2D eigenvalue weighted by Gasteiger charge is -2.18. The maximum Gasteiger partial charge on any atom is 0.255 e. The van der Waals surface area contributed by atoms with Crippen LogP contribution in [0.4, 0.5) is 23.3 Å². The number of benzene rings is 2. The smallest absolute Gasteiger partial charge is 0.255 e. The van der Waals surface area contributed by atoms with Crippen molar-refractivity contribution in [3.63, 3.8) is 0 Å². The molecule has 2 aromatic carbocycles. The highest BCUT2D eigenvalue weighted by Gasteiger charge is 2.24. The summed E-state index contributed by atoms with van der Waals surface area (Å²) in [5, 5.41) is 16.2.